The smallest absolute Gasteiger partial charge is 0.274 e. The molecule has 0 bridgehead atoms. The highest BCUT2D eigenvalue weighted by Crippen LogP contribution is 2.12. The normalized spacial score (nSPS) is 12.8. The summed E-state index contributed by atoms with van der Waals surface area (Å²) >= 11 is 0. The fourth-order valence-corrected chi connectivity index (χ4v) is 1.96. The van der Waals surface area contributed by atoms with Crippen LogP contribution in [0, 0.1) is 5.92 Å². The van der Waals surface area contributed by atoms with E-state index in [0.29, 0.717) is 24.7 Å². The Morgan fingerprint density at radius 1 is 1.50 bits per heavy atom. The lowest BCUT2D eigenvalue weighted by atomic mass is 10.0. The summed E-state index contributed by atoms with van der Waals surface area (Å²) in [5.74, 6) is 0.545. The van der Waals surface area contributed by atoms with Crippen LogP contribution in [0.15, 0.2) is 12.5 Å². The molecule has 0 aliphatic carbocycles. The summed E-state index contributed by atoms with van der Waals surface area (Å²) < 4.78 is 1.84. The maximum absolute atomic E-state index is 12.2. The number of imidazole rings is 1. The molecule has 0 fully saturated rings. The van der Waals surface area contributed by atoms with Gasteiger partial charge in [-0.3, -0.25) is 4.79 Å². The molecule has 1 atom stereocenters. The fraction of sp³-hybridized carbons (Fsp3) is 0.692. The second-order valence-electron chi connectivity index (χ2n) is 5.18. The Kier molecular flexibility index (Phi) is 5.34. The van der Waals surface area contributed by atoms with Crippen LogP contribution in [0.3, 0.4) is 0 Å². The molecule has 0 saturated heterocycles. The lowest BCUT2D eigenvalue weighted by molar-refractivity contribution is 0.0722. The van der Waals surface area contributed by atoms with Crippen LogP contribution < -0.4 is 5.73 Å². The van der Waals surface area contributed by atoms with Gasteiger partial charge in [0.05, 0.1) is 6.33 Å². The van der Waals surface area contributed by atoms with E-state index in [9.17, 15) is 4.79 Å². The van der Waals surface area contributed by atoms with Crippen molar-refractivity contribution >= 4 is 5.91 Å². The Bertz CT molecular complexity index is 386. The second kappa shape index (κ2) is 6.54. The monoisotopic (exact) mass is 252 g/mol. The summed E-state index contributed by atoms with van der Waals surface area (Å²) in [4.78, 5) is 18.1. The third kappa shape index (κ3) is 3.84. The molecule has 1 rings (SSSR count). The lowest BCUT2D eigenvalue weighted by Gasteiger charge is -2.25. The first kappa shape index (κ1) is 14.7. The number of rotatable bonds is 6. The summed E-state index contributed by atoms with van der Waals surface area (Å²) in [6.45, 7) is 7.61. The zero-order valence-corrected chi connectivity index (χ0v) is 11.8. The van der Waals surface area contributed by atoms with Gasteiger partial charge in [-0.2, -0.15) is 0 Å². The molecule has 102 valence electrons. The molecule has 1 aromatic rings. The quantitative estimate of drug-likeness (QED) is 0.831. The first-order valence-corrected chi connectivity index (χ1v) is 6.44. The van der Waals surface area contributed by atoms with E-state index in [2.05, 4.69) is 25.8 Å². The Morgan fingerprint density at radius 3 is 2.72 bits per heavy atom. The SMILES string of the molecule is CC(C)CC(C)N(C)C(=O)c1cn(CCN)cn1. The van der Waals surface area contributed by atoms with Gasteiger partial charge in [-0.05, 0) is 19.3 Å². The van der Waals surface area contributed by atoms with E-state index in [1.54, 1.807) is 17.4 Å². The van der Waals surface area contributed by atoms with Gasteiger partial charge in [0.2, 0.25) is 0 Å². The molecule has 2 N–H and O–H groups in total. The highest BCUT2D eigenvalue weighted by molar-refractivity contribution is 5.92. The summed E-state index contributed by atoms with van der Waals surface area (Å²) in [6.07, 6.45) is 4.40. The predicted octanol–water partition coefficient (Wildman–Crippen LogP) is 1.35. The molecule has 1 unspecified atom stereocenters. The third-order valence-electron chi connectivity index (χ3n) is 3.03. The molecule has 5 nitrogen and oxygen atoms in total. The van der Waals surface area contributed by atoms with Crippen molar-refractivity contribution in [3.05, 3.63) is 18.2 Å². The van der Waals surface area contributed by atoms with Gasteiger partial charge < -0.3 is 15.2 Å². The van der Waals surface area contributed by atoms with Gasteiger partial charge in [0.15, 0.2) is 0 Å². The van der Waals surface area contributed by atoms with Crippen LogP contribution in [0.1, 0.15) is 37.7 Å². The van der Waals surface area contributed by atoms with Crippen LogP contribution in [0.5, 0.6) is 0 Å². The number of nitrogens with zero attached hydrogens (tertiary/aromatic N) is 3. The van der Waals surface area contributed by atoms with Crippen LogP contribution in [0.4, 0.5) is 0 Å². The van der Waals surface area contributed by atoms with Crippen LogP contribution in [0.25, 0.3) is 0 Å². The fourth-order valence-electron chi connectivity index (χ4n) is 1.96. The van der Waals surface area contributed by atoms with Gasteiger partial charge in [0.25, 0.3) is 5.91 Å². The second-order valence-corrected chi connectivity index (χ2v) is 5.18. The molecule has 0 radical (unpaired) electrons. The van der Waals surface area contributed by atoms with E-state index in [-0.39, 0.29) is 11.9 Å². The zero-order valence-electron chi connectivity index (χ0n) is 11.8. The number of carbonyl (C=O) groups is 1. The standard InChI is InChI=1S/C13H24N4O/c1-10(2)7-11(3)16(4)13(18)12-8-17(6-5-14)9-15-12/h8-11H,5-7,14H2,1-4H3. The number of carbonyl (C=O) groups excluding carboxylic acids is 1. The summed E-state index contributed by atoms with van der Waals surface area (Å²) in [5.41, 5.74) is 5.95. The largest absolute Gasteiger partial charge is 0.338 e. The van der Waals surface area contributed by atoms with Crippen molar-refractivity contribution in [1.29, 1.82) is 0 Å². The molecule has 1 amide bonds. The topological polar surface area (TPSA) is 64.2 Å². The van der Waals surface area contributed by atoms with Crippen LogP contribution in [-0.4, -0.2) is 40.0 Å². The van der Waals surface area contributed by atoms with Gasteiger partial charge in [-0.1, -0.05) is 13.8 Å². The molecule has 18 heavy (non-hydrogen) atoms. The number of hydrogen-bond acceptors (Lipinski definition) is 3. The van der Waals surface area contributed by atoms with Crippen molar-refractivity contribution in [2.45, 2.75) is 39.8 Å². The molecular weight excluding hydrogens is 228 g/mol. The highest BCUT2D eigenvalue weighted by Gasteiger charge is 2.20. The predicted molar refractivity (Wildman–Crippen MR) is 72.3 cm³/mol. The van der Waals surface area contributed by atoms with Crippen LogP contribution in [-0.2, 0) is 6.54 Å². The molecule has 0 aromatic carbocycles. The summed E-state index contributed by atoms with van der Waals surface area (Å²) in [6, 6.07) is 0.220. The van der Waals surface area contributed by atoms with Crippen LogP contribution >= 0.6 is 0 Å². The first-order valence-electron chi connectivity index (χ1n) is 6.44. The number of aromatic nitrogens is 2. The maximum atomic E-state index is 12.2. The molecule has 0 aliphatic rings. The average Bonchev–Trinajstić information content (AvgIpc) is 2.75. The van der Waals surface area contributed by atoms with Gasteiger partial charge in [-0.25, -0.2) is 4.98 Å². The Hall–Kier alpha value is -1.36. The first-order chi connectivity index (χ1) is 8.45. The average molecular weight is 252 g/mol. The third-order valence-corrected chi connectivity index (χ3v) is 3.03. The van der Waals surface area contributed by atoms with E-state index >= 15 is 0 Å². The molecule has 1 aromatic heterocycles. The molecular formula is C13H24N4O. The molecule has 1 heterocycles. The molecule has 0 spiro atoms. The van der Waals surface area contributed by atoms with Gasteiger partial charge in [0.1, 0.15) is 5.69 Å². The van der Waals surface area contributed by atoms with E-state index in [4.69, 9.17) is 5.73 Å². The minimum atomic E-state index is -0.0288. The number of hydrogen-bond donors (Lipinski definition) is 1. The molecule has 0 saturated carbocycles. The van der Waals surface area contributed by atoms with Crippen molar-refractivity contribution in [3.8, 4) is 0 Å². The molecule has 5 heteroatoms. The molecule has 0 aliphatic heterocycles. The number of amides is 1. The minimum Gasteiger partial charge on any atom is -0.338 e. The lowest BCUT2D eigenvalue weighted by Crippen LogP contribution is -2.36. The van der Waals surface area contributed by atoms with E-state index in [0.717, 1.165) is 6.42 Å². The van der Waals surface area contributed by atoms with Crippen molar-refractivity contribution in [3.63, 3.8) is 0 Å². The van der Waals surface area contributed by atoms with Crippen molar-refractivity contribution in [1.82, 2.24) is 14.5 Å². The van der Waals surface area contributed by atoms with Crippen LogP contribution in [0.2, 0.25) is 0 Å². The maximum Gasteiger partial charge on any atom is 0.274 e. The minimum absolute atomic E-state index is 0.0288. The Balaban J connectivity index is 2.67. The van der Waals surface area contributed by atoms with Crippen molar-refractivity contribution in [2.24, 2.45) is 11.7 Å². The summed E-state index contributed by atoms with van der Waals surface area (Å²) in [7, 11) is 1.83. The zero-order chi connectivity index (χ0) is 13.7. The van der Waals surface area contributed by atoms with E-state index in [1.807, 2.05) is 11.6 Å². The summed E-state index contributed by atoms with van der Waals surface area (Å²) in [5, 5.41) is 0. The van der Waals surface area contributed by atoms with Crippen molar-refractivity contribution in [2.75, 3.05) is 13.6 Å². The highest BCUT2D eigenvalue weighted by atomic mass is 16.2. The van der Waals surface area contributed by atoms with Gasteiger partial charge in [0, 0.05) is 32.4 Å². The van der Waals surface area contributed by atoms with Gasteiger partial charge in [-0.15, -0.1) is 0 Å². The van der Waals surface area contributed by atoms with Crippen molar-refractivity contribution < 1.29 is 4.79 Å². The van der Waals surface area contributed by atoms with E-state index in [1.165, 1.54) is 0 Å². The van der Waals surface area contributed by atoms with Gasteiger partial charge >= 0.3 is 0 Å². The van der Waals surface area contributed by atoms with E-state index < -0.39 is 0 Å². The Morgan fingerprint density at radius 2 is 2.17 bits per heavy atom. The Labute approximate surface area is 109 Å². The number of nitrogens with two attached hydrogens (primary N) is 1.